The molecule has 0 aromatic carbocycles. The van der Waals surface area contributed by atoms with Gasteiger partial charge in [-0.05, 0) is 35.0 Å². The van der Waals surface area contributed by atoms with Crippen LogP contribution in [0.1, 0.15) is 17.5 Å². The summed E-state index contributed by atoms with van der Waals surface area (Å²) in [5.41, 5.74) is 0. The van der Waals surface area contributed by atoms with E-state index in [0.29, 0.717) is 11.3 Å². The van der Waals surface area contributed by atoms with Crippen molar-refractivity contribution in [2.75, 3.05) is 11.9 Å². The van der Waals surface area contributed by atoms with Gasteiger partial charge in [-0.2, -0.15) is 4.98 Å². The quantitative estimate of drug-likeness (QED) is 0.898. The maximum atomic E-state index is 11.6. The van der Waals surface area contributed by atoms with Crippen molar-refractivity contribution in [3.63, 3.8) is 0 Å². The highest BCUT2D eigenvalue weighted by Gasteiger charge is 2.13. The number of carbonyl (C=O) groups is 1. The molecule has 0 aliphatic heterocycles. The summed E-state index contributed by atoms with van der Waals surface area (Å²) in [6.45, 7) is 2.27. The lowest BCUT2D eigenvalue weighted by molar-refractivity contribution is 0.0994. The topological polar surface area (TPSA) is 93.0 Å². The van der Waals surface area contributed by atoms with Crippen molar-refractivity contribution in [3.8, 4) is 6.01 Å². The first-order valence-corrected chi connectivity index (χ1v) is 5.60. The van der Waals surface area contributed by atoms with E-state index in [-0.39, 0.29) is 17.7 Å². The summed E-state index contributed by atoms with van der Waals surface area (Å²) in [7, 11) is 0. The highest BCUT2D eigenvalue weighted by molar-refractivity contribution is 9.10. The summed E-state index contributed by atoms with van der Waals surface area (Å²) in [4.78, 5) is 15.5. The fraction of sp³-hybridized carbons (Fsp3) is 0.222. The molecule has 1 amide bonds. The number of furan rings is 1. The fourth-order valence-electron chi connectivity index (χ4n) is 1.10. The second-order valence-electron chi connectivity index (χ2n) is 2.96. The number of hydrogen-bond donors (Lipinski definition) is 2. The summed E-state index contributed by atoms with van der Waals surface area (Å²) < 4.78 is 10.6. The number of anilines is 1. The van der Waals surface area contributed by atoms with Crippen molar-refractivity contribution >= 4 is 27.8 Å². The van der Waals surface area contributed by atoms with Crippen LogP contribution < -0.4 is 10.1 Å². The van der Waals surface area contributed by atoms with E-state index < -0.39 is 5.91 Å². The Bertz CT molecular complexity index is 522. The molecule has 8 heteroatoms. The Morgan fingerprint density at radius 1 is 1.65 bits per heavy atom. The van der Waals surface area contributed by atoms with Gasteiger partial charge in [0.25, 0.3) is 5.91 Å². The van der Waals surface area contributed by atoms with Crippen molar-refractivity contribution in [1.82, 2.24) is 15.2 Å². The van der Waals surface area contributed by atoms with Gasteiger partial charge in [-0.1, -0.05) is 0 Å². The molecular formula is C9H9BrN4O3. The molecule has 7 nitrogen and oxygen atoms in total. The zero-order valence-electron chi connectivity index (χ0n) is 8.86. The average molecular weight is 301 g/mol. The highest BCUT2D eigenvalue weighted by Crippen LogP contribution is 2.15. The van der Waals surface area contributed by atoms with Crippen LogP contribution in [0.15, 0.2) is 21.2 Å². The van der Waals surface area contributed by atoms with E-state index in [0.717, 1.165) is 0 Å². The summed E-state index contributed by atoms with van der Waals surface area (Å²) in [5, 5.41) is 8.76. The third-order valence-corrected chi connectivity index (χ3v) is 2.19. The molecule has 0 radical (unpaired) electrons. The molecule has 0 atom stereocenters. The molecular weight excluding hydrogens is 292 g/mol. The number of nitrogens with one attached hydrogen (secondary N) is 2. The van der Waals surface area contributed by atoms with Gasteiger partial charge in [0, 0.05) is 0 Å². The molecule has 0 aliphatic rings. The zero-order chi connectivity index (χ0) is 12.3. The van der Waals surface area contributed by atoms with E-state index in [1.165, 1.54) is 0 Å². The number of halogens is 1. The predicted octanol–water partition coefficient (Wildman–Crippen LogP) is 1.81. The Morgan fingerprint density at radius 2 is 2.47 bits per heavy atom. The minimum atomic E-state index is -0.421. The van der Waals surface area contributed by atoms with Crippen LogP contribution in [0.5, 0.6) is 6.01 Å². The van der Waals surface area contributed by atoms with E-state index in [2.05, 4.69) is 36.4 Å². The van der Waals surface area contributed by atoms with Gasteiger partial charge in [-0.15, -0.1) is 5.10 Å². The third kappa shape index (κ3) is 2.84. The molecule has 0 saturated carbocycles. The molecule has 0 fully saturated rings. The van der Waals surface area contributed by atoms with E-state index >= 15 is 0 Å². The first-order valence-electron chi connectivity index (χ1n) is 4.81. The van der Waals surface area contributed by atoms with Gasteiger partial charge in [0.15, 0.2) is 10.4 Å². The molecule has 0 bridgehead atoms. The molecule has 0 unspecified atom stereocenters. The van der Waals surface area contributed by atoms with Gasteiger partial charge in [0.2, 0.25) is 5.95 Å². The van der Waals surface area contributed by atoms with Crippen molar-refractivity contribution in [2.24, 2.45) is 0 Å². The van der Waals surface area contributed by atoms with Crippen molar-refractivity contribution in [3.05, 3.63) is 22.6 Å². The molecule has 0 aliphatic carbocycles. The zero-order valence-corrected chi connectivity index (χ0v) is 10.4. The molecule has 0 spiro atoms. The third-order valence-electron chi connectivity index (χ3n) is 1.77. The first kappa shape index (κ1) is 11.6. The summed E-state index contributed by atoms with van der Waals surface area (Å²) in [6.07, 6.45) is 0. The van der Waals surface area contributed by atoms with E-state index in [1.807, 2.05) is 6.92 Å². The van der Waals surface area contributed by atoms with Crippen LogP contribution >= 0.6 is 15.9 Å². The lowest BCUT2D eigenvalue weighted by Crippen LogP contribution is -2.12. The first-order chi connectivity index (χ1) is 8.19. The number of hydrogen-bond acceptors (Lipinski definition) is 5. The Kier molecular flexibility index (Phi) is 3.43. The van der Waals surface area contributed by atoms with Crippen LogP contribution in [-0.2, 0) is 0 Å². The van der Waals surface area contributed by atoms with E-state index in [9.17, 15) is 4.79 Å². The lowest BCUT2D eigenvalue weighted by atomic mass is 10.4. The van der Waals surface area contributed by atoms with Gasteiger partial charge < -0.3 is 9.15 Å². The second kappa shape index (κ2) is 5.00. The molecule has 2 heterocycles. The maximum Gasteiger partial charge on any atom is 0.337 e. The number of carbonyl (C=O) groups excluding carboxylic acids is 1. The standard InChI is InChI=1S/C9H9BrN4O3/c1-2-16-9-12-8(13-14-9)11-7(15)5-3-4-6(10)17-5/h3-4H,2H2,1H3,(H2,11,12,13,14,15). The van der Waals surface area contributed by atoms with Crippen LogP contribution in [0.2, 0.25) is 0 Å². The number of ether oxygens (including phenoxy) is 1. The monoisotopic (exact) mass is 300 g/mol. The second-order valence-corrected chi connectivity index (χ2v) is 3.74. The van der Waals surface area contributed by atoms with Gasteiger partial charge in [0.05, 0.1) is 6.61 Å². The minimum Gasteiger partial charge on any atom is -0.463 e. The number of H-pyrrole nitrogens is 1. The largest absolute Gasteiger partial charge is 0.463 e. The number of amides is 1. The number of nitrogens with zero attached hydrogens (tertiary/aromatic N) is 2. The number of aromatic amines is 1. The predicted molar refractivity (Wildman–Crippen MR) is 61.9 cm³/mol. The Labute approximate surface area is 105 Å². The molecule has 90 valence electrons. The van der Waals surface area contributed by atoms with Crippen LogP contribution in [0.3, 0.4) is 0 Å². The molecule has 2 rings (SSSR count). The Hall–Kier alpha value is -1.83. The van der Waals surface area contributed by atoms with Gasteiger partial charge in [-0.25, -0.2) is 5.10 Å². The van der Waals surface area contributed by atoms with Crippen molar-refractivity contribution in [2.45, 2.75) is 6.92 Å². The van der Waals surface area contributed by atoms with Crippen LogP contribution in [0, 0.1) is 0 Å². The number of rotatable bonds is 4. The summed E-state index contributed by atoms with van der Waals surface area (Å²) >= 11 is 3.11. The highest BCUT2D eigenvalue weighted by atomic mass is 79.9. The summed E-state index contributed by atoms with van der Waals surface area (Å²) in [5.74, 6) is -0.0490. The Morgan fingerprint density at radius 3 is 3.12 bits per heavy atom. The van der Waals surface area contributed by atoms with Gasteiger partial charge >= 0.3 is 6.01 Å². The van der Waals surface area contributed by atoms with E-state index in [4.69, 9.17) is 9.15 Å². The molecule has 2 aromatic heterocycles. The van der Waals surface area contributed by atoms with Gasteiger partial charge in [-0.3, -0.25) is 10.1 Å². The van der Waals surface area contributed by atoms with E-state index in [1.54, 1.807) is 12.1 Å². The molecule has 0 saturated heterocycles. The van der Waals surface area contributed by atoms with Crippen LogP contribution in [0.4, 0.5) is 5.95 Å². The minimum absolute atomic E-state index is 0.172. The fourth-order valence-corrected chi connectivity index (χ4v) is 1.41. The van der Waals surface area contributed by atoms with Crippen LogP contribution in [0.25, 0.3) is 0 Å². The van der Waals surface area contributed by atoms with Crippen molar-refractivity contribution < 1.29 is 13.9 Å². The van der Waals surface area contributed by atoms with Gasteiger partial charge in [0.1, 0.15) is 0 Å². The van der Waals surface area contributed by atoms with Crippen LogP contribution in [-0.4, -0.2) is 27.7 Å². The number of aromatic nitrogens is 3. The molecule has 2 N–H and O–H groups in total. The maximum absolute atomic E-state index is 11.6. The molecule has 17 heavy (non-hydrogen) atoms. The summed E-state index contributed by atoms with van der Waals surface area (Å²) in [6, 6.07) is 3.35. The van der Waals surface area contributed by atoms with Crippen molar-refractivity contribution in [1.29, 1.82) is 0 Å². The average Bonchev–Trinajstić information content (AvgIpc) is 2.88. The smallest absolute Gasteiger partial charge is 0.337 e. The normalized spacial score (nSPS) is 10.2. The molecule has 2 aromatic rings. The Balaban J connectivity index is 2.02. The lowest BCUT2D eigenvalue weighted by Gasteiger charge is -1.96. The SMILES string of the molecule is CCOc1n[nH]c(NC(=O)c2ccc(Br)o2)n1.